The molecule has 1 amide bonds. The van der Waals surface area contributed by atoms with Crippen LogP contribution in [0.1, 0.15) is 51.0 Å². The van der Waals surface area contributed by atoms with Crippen LogP contribution in [0.4, 0.5) is 5.95 Å². The number of fused-ring (bicyclic) bond motifs is 2. The van der Waals surface area contributed by atoms with Crippen LogP contribution in [0.5, 0.6) is 0 Å². The highest BCUT2D eigenvalue weighted by Crippen LogP contribution is 2.52. The van der Waals surface area contributed by atoms with E-state index in [4.69, 9.17) is 16.3 Å². The molecular formula is C19H23ClN4O2. The molecule has 5 rings (SSSR count). The Morgan fingerprint density at radius 3 is 2.77 bits per heavy atom. The normalized spacial score (nSPS) is 27.3. The minimum Gasteiger partial charge on any atom is -0.378 e. The number of aromatic nitrogens is 3. The number of hydrogen-bond acceptors (Lipinski definition) is 4. The van der Waals surface area contributed by atoms with Crippen LogP contribution in [0.2, 0.25) is 5.15 Å². The van der Waals surface area contributed by atoms with Crippen molar-refractivity contribution in [1.29, 1.82) is 0 Å². The van der Waals surface area contributed by atoms with Gasteiger partial charge in [-0.3, -0.25) is 14.7 Å². The monoisotopic (exact) mass is 374 g/mol. The van der Waals surface area contributed by atoms with Crippen LogP contribution in [0.25, 0.3) is 11.2 Å². The molecule has 0 radical (unpaired) electrons. The van der Waals surface area contributed by atoms with Crippen molar-refractivity contribution in [1.82, 2.24) is 14.5 Å². The Kier molecular flexibility index (Phi) is 4.13. The molecule has 26 heavy (non-hydrogen) atoms. The highest BCUT2D eigenvalue weighted by molar-refractivity contribution is 6.29. The number of halogens is 1. The lowest BCUT2D eigenvalue weighted by atomic mass is 9.93. The zero-order valence-corrected chi connectivity index (χ0v) is 15.4. The van der Waals surface area contributed by atoms with Gasteiger partial charge in [0.25, 0.3) is 0 Å². The van der Waals surface area contributed by atoms with Crippen LogP contribution in [-0.4, -0.2) is 33.2 Å². The largest absolute Gasteiger partial charge is 0.378 e. The molecule has 6 nitrogen and oxygen atoms in total. The molecule has 0 aliphatic heterocycles. The molecular weight excluding hydrogens is 352 g/mol. The first-order chi connectivity index (χ1) is 12.7. The van der Waals surface area contributed by atoms with Gasteiger partial charge >= 0.3 is 0 Å². The Balaban J connectivity index is 1.25. The highest BCUT2D eigenvalue weighted by atomic mass is 35.5. The van der Waals surface area contributed by atoms with Gasteiger partial charge in [-0.15, -0.1) is 0 Å². The van der Waals surface area contributed by atoms with E-state index in [1.165, 1.54) is 25.7 Å². The SMILES string of the molecule is O=C(CCO[C@H]1C[C@@H]2C[C@@H]2C1)Nc1nc2ccc(Cl)nc2n1C1CCC1. The molecule has 0 bridgehead atoms. The zero-order valence-electron chi connectivity index (χ0n) is 14.7. The average molecular weight is 375 g/mol. The smallest absolute Gasteiger partial charge is 0.229 e. The Labute approximate surface area is 157 Å². The molecule has 0 spiro atoms. The van der Waals surface area contributed by atoms with Gasteiger partial charge in [0.1, 0.15) is 10.7 Å². The van der Waals surface area contributed by atoms with Crippen molar-refractivity contribution in [3.8, 4) is 0 Å². The number of nitrogens with one attached hydrogen (secondary N) is 1. The number of carbonyl (C=O) groups is 1. The van der Waals surface area contributed by atoms with Crippen LogP contribution in [0, 0.1) is 11.8 Å². The Hall–Kier alpha value is -1.66. The first-order valence-electron chi connectivity index (χ1n) is 9.63. The lowest BCUT2D eigenvalue weighted by molar-refractivity contribution is -0.117. The Morgan fingerprint density at radius 1 is 1.23 bits per heavy atom. The number of rotatable bonds is 6. The van der Waals surface area contributed by atoms with E-state index in [1.807, 2.05) is 10.6 Å². The summed E-state index contributed by atoms with van der Waals surface area (Å²) in [4.78, 5) is 21.4. The van der Waals surface area contributed by atoms with E-state index in [2.05, 4.69) is 15.3 Å². The molecule has 3 fully saturated rings. The minimum absolute atomic E-state index is 0.0601. The second-order valence-electron chi connectivity index (χ2n) is 7.89. The predicted octanol–water partition coefficient (Wildman–Crippen LogP) is 3.95. The quantitative estimate of drug-likeness (QED) is 0.777. The van der Waals surface area contributed by atoms with Gasteiger partial charge in [0.05, 0.1) is 19.1 Å². The van der Waals surface area contributed by atoms with E-state index in [0.717, 1.165) is 35.8 Å². The topological polar surface area (TPSA) is 69.0 Å². The molecule has 2 aromatic rings. The van der Waals surface area contributed by atoms with Crippen molar-refractivity contribution in [3.63, 3.8) is 0 Å². The van der Waals surface area contributed by atoms with E-state index >= 15 is 0 Å². The third-order valence-corrected chi connectivity index (χ3v) is 6.29. The van der Waals surface area contributed by atoms with Gasteiger partial charge in [-0.1, -0.05) is 11.6 Å². The molecule has 3 atom stereocenters. The second-order valence-corrected chi connectivity index (χ2v) is 8.27. The van der Waals surface area contributed by atoms with Gasteiger partial charge in [-0.2, -0.15) is 0 Å². The summed E-state index contributed by atoms with van der Waals surface area (Å²) in [7, 11) is 0. The molecule has 2 aromatic heterocycles. The fourth-order valence-corrected chi connectivity index (χ4v) is 4.47. The summed E-state index contributed by atoms with van der Waals surface area (Å²) in [6.07, 6.45) is 7.80. The molecule has 0 saturated heterocycles. The van der Waals surface area contributed by atoms with Crippen molar-refractivity contribution in [3.05, 3.63) is 17.3 Å². The molecule has 3 aliphatic rings. The van der Waals surface area contributed by atoms with Crippen molar-refractivity contribution in [2.45, 2.75) is 57.1 Å². The number of amides is 1. The predicted molar refractivity (Wildman–Crippen MR) is 99.2 cm³/mol. The lowest BCUT2D eigenvalue weighted by Gasteiger charge is -2.28. The molecule has 138 valence electrons. The lowest BCUT2D eigenvalue weighted by Crippen LogP contribution is -2.23. The fraction of sp³-hybridized carbons (Fsp3) is 0.632. The van der Waals surface area contributed by atoms with E-state index in [-0.39, 0.29) is 5.91 Å². The van der Waals surface area contributed by atoms with Gasteiger partial charge in [-0.05, 0) is 62.5 Å². The van der Waals surface area contributed by atoms with Gasteiger partial charge in [0, 0.05) is 6.04 Å². The van der Waals surface area contributed by atoms with Crippen molar-refractivity contribution in [2.24, 2.45) is 11.8 Å². The summed E-state index contributed by atoms with van der Waals surface area (Å²) in [5.41, 5.74) is 1.51. The van der Waals surface area contributed by atoms with Crippen molar-refractivity contribution >= 4 is 34.6 Å². The van der Waals surface area contributed by atoms with Crippen LogP contribution in [0.15, 0.2) is 12.1 Å². The number of imidazole rings is 1. The van der Waals surface area contributed by atoms with Gasteiger partial charge in [0.2, 0.25) is 11.9 Å². The van der Waals surface area contributed by atoms with Gasteiger partial charge in [-0.25, -0.2) is 9.97 Å². The minimum atomic E-state index is -0.0601. The molecule has 1 N–H and O–H groups in total. The molecule has 0 unspecified atom stereocenters. The van der Waals surface area contributed by atoms with Crippen LogP contribution >= 0.6 is 11.6 Å². The standard InChI is InChI=1S/C19H23ClN4O2/c20-16-5-4-15-18(22-16)24(13-2-1-3-13)19(21-15)23-17(25)6-7-26-14-9-11-8-12(11)10-14/h4-5,11-14H,1-3,6-10H2,(H,21,23,25)/t11-,12+,14-. The number of hydrogen-bond donors (Lipinski definition) is 1. The number of anilines is 1. The molecule has 7 heteroatoms. The number of ether oxygens (including phenoxy) is 1. The van der Waals surface area contributed by atoms with Crippen molar-refractivity contribution in [2.75, 3.05) is 11.9 Å². The maximum absolute atomic E-state index is 12.4. The molecule has 2 heterocycles. The van der Waals surface area contributed by atoms with E-state index in [0.29, 0.717) is 36.3 Å². The summed E-state index contributed by atoms with van der Waals surface area (Å²) < 4.78 is 7.91. The summed E-state index contributed by atoms with van der Waals surface area (Å²) >= 11 is 6.06. The maximum Gasteiger partial charge on any atom is 0.229 e. The summed E-state index contributed by atoms with van der Waals surface area (Å²) in [6, 6.07) is 3.92. The van der Waals surface area contributed by atoms with Crippen LogP contribution in [0.3, 0.4) is 0 Å². The Bertz CT molecular complexity index is 837. The number of carbonyl (C=O) groups excluding carboxylic acids is 1. The summed E-state index contributed by atoms with van der Waals surface area (Å²) in [5.74, 6) is 2.31. The first kappa shape index (κ1) is 16.5. The van der Waals surface area contributed by atoms with Gasteiger partial charge in [0.15, 0.2) is 5.65 Å². The molecule has 0 aromatic carbocycles. The number of nitrogens with zero attached hydrogens (tertiary/aromatic N) is 3. The van der Waals surface area contributed by atoms with Crippen LogP contribution in [-0.2, 0) is 9.53 Å². The summed E-state index contributed by atoms with van der Waals surface area (Å²) in [6.45, 7) is 0.476. The zero-order chi connectivity index (χ0) is 17.7. The van der Waals surface area contributed by atoms with E-state index < -0.39 is 0 Å². The average Bonchev–Trinajstić information content (AvgIpc) is 3.03. The fourth-order valence-electron chi connectivity index (χ4n) is 4.33. The van der Waals surface area contributed by atoms with Crippen LogP contribution < -0.4 is 5.32 Å². The van der Waals surface area contributed by atoms with E-state index in [9.17, 15) is 4.79 Å². The molecule has 3 saturated carbocycles. The van der Waals surface area contributed by atoms with Gasteiger partial charge < -0.3 is 4.74 Å². The number of pyridine rings is 1. The van der Waals surface area contributed by atoms with E-state index in [1.54, 1.807) is 6.07 Å². The third kappa shape index (κ3) is 3.09. The third-order valence-electron chi connectivity index (χ3n) is 6.08. The Morgan fingerprint density at radius 2 is 2.04 bits per heavy atom. The van der Waals surface area contributed by atoms with Crippen molar-refractivity contribution < 1.29 is 9.53 Å². The highest BCUT2D eigenvalue weighted by Gasteiger charge is 2.46. The first-order valence-corrected chi connectivity index (χ1v) is 10.0. The molecule has 3 aliphatic carbocycles. The second kappa shape index (κ2) is 6.50. The maximum atomic E-state index is 12.4. The summed E-state index contributed by atoms with van der Waals surface area (Å²) in [5, 5.41) is 3.40.